The summed E-state index contributed by atoms with van der Waals surface area (Å²) in [5, 5.41) is 0. The van der Waals surface area contributed by atoms with E-state index in [9.17, 15) is 4.79 Å². The Morgan fingerprint density at radius 1 is 1.26 bits per heavy atom. The van der Waals surface area contributed by atoms with Crippen LogP contribution in [0.1, 0.15) is 25.0 Å². The zero-order valence-electron chi connectivity index (χ0n) is 12.0. The smallest absolute Gasteiger partial charge is 0.324 e. The highest BCUT2D eigenvalue weighted by atomic mass is 16.2. The molecule has 1 fully saturated rings. The standard InChI is InChI=1S/C15H23N3O/c1-4-11-7-6-8-12(5-2)14(11)18-10-13(9-16)17(3)15(18)19/h6-8,13H,4-5,9-10,16H2,1-3H3. The van der Waals surface area contributed by atoms with Crippen molar-refractivity contribution in [1.29, 1.82) is 0 Å². The minimum atomic E-state index is 0.0612. The molecule has 0 aromatic heterocycles. The van der Waals surface area contributed by atoms with E-state index < -0.39 is 0 Å². The van der Waals surface area contributed by atoms with Gasteiger partial charge in [-0.2, -0.15) is 0 Å². The maximum absolute atomic E-state index is 12.4. The van der Waals surface area contributed by atoms with E-state index in [2.05, 4.69) is 32.0 Å². The van der Waals surface area contributed by atoms with Crippen LogP contribution in [0.4, 0.5) is 10.5 Å². The number of carbonyl (C=O) groups excluding carboxylic acids is 1. The van der Waals surface area contributed by atoms with Crippen molar-refractivity contribution in [2.45, 2.75) is 32.7 Å². The normalized spacial score (nSPS) is 19.4. The van der Waals surface area contributed by atoms with Gasteiger partial charge in [0.15, 0.2) is 0 Å². The van der Waals surface area contributed by atoms with Gasteiger partial charge in [0, 0.05) is 20.1 Å². The second-order valence-corrected chi connectivity index (χ2v) is 5.03. The predicted molar refractivity (Wildman–Crippen MR) is 78.5 cm³/mol. The van der Waals surface area contributed by atoms with Gasteiger partial charge < -0.3 is 10.6 Å². The van der Waals surface area contributed by atoms with Crippen LogP contribution in [0.2, 0.25) is 0 Å². The third-order valence-electron chi connectivity index (χ3n) is 3.98. The Labute approximate surface area is 115 Å². The molecule has 2 rings (SSSR count). The number of benzene rings is 1. The van der Waals surface area contributed by atoms with Crippen molar-refractivity contribution in [2.75, 3.05) is 25.0 Å². The molecule has 2 N–H and O–H groups in total. The second-order valence-electron chi connectivity index (χ2n) is 5.03. The Kier molecular flexibility index (Phi) is 4.10. The zero-order valence-corrected chi connectivity index (χ0v) is 12.0. The topological polar surface area (TPSA) is 49.6 Å². The summed E-state index contributed by atoms with van der Waals surface area (Å²) >= 11 is 0. The minimum absolute atomic E-state index is 0.0612. The number of aryl methyl sites for hydroxylation is 2. The van der Waals surface area contributed by atoms with Crippen LogP contribution in [0.25, 0.3) is 0 Å². The number of nitrogens with two attached hydrogens (primary N) is 1. The van der Waals surface area contributed by atoms with Crippen molar-refractivity contribution >= 4 is 11.7 Å². The maximum Gasteiger partial charge on any atom is 0.324 e. The van der Waals surface area contributed by atoms with Crippen LogP contribution in [-0.4, -0.2) is 37.1 Å². The monoisotopic (exact) mass is 261 g/mol. The first-order chi connectivity index (χ1) is 9.13. The van der Waals surface area contributed by atoms with Gasteiger partial charge in [-0.25, -0.2) is 4.79 Å². The summed E-state index contributed by atoms with van der Waals surface area (Å²) in [6.07, 6.45) is 1.87. The summed E-state index contributed by atoms with van der Waals surface area (Å²) in [4.78, 5) is 16.1. The highest BCUT2D eigenvalue weighted by Crippen LogP contribution is 2.31. The second kappa shape index (κ2) is 5.61. The highest BCUT2D eigenvalue weighted by molar-refractivity contribution is 5.96. The number of amides is 2. The molecular formula is C15H23N3O. The molecule has 1 aromatic rings. The molecule has 1 saturated heterocycles. The summed E-state index contributed by atoms with van der Waals surface area (Å²) in [5.74, 6) is 0. The maximum atomic E-state index is 12.4. The molecule has 0 aliphatic carbocycles. The summed E-state index contributed by atoms with van der Waals surface area (Å²) in [5.41, 5.74) is 9.31. The van der Waals surface area contributed by atoms with Crippen LogP contribution >= 0.6 is 0 Å². The van der Waals surface area contributed by atoms with Crippen molar-refractivity contribution < 1.29 is 4.79 Å². The first kappa shape index (κ1) is 13.9. The fraction of sp³-hybridized carbons (Fsp3) is 0.533. The summed E-state index contributed by atoms with van der Waals surface area (Å²) < 4.78 is 0. The quantitative estimate of drug-likeness (QED) is 0.901. The van der Waals surface area contributed by atoms with E-state index in [-0.39, 0.29) is 12.1 Å². The summed E-state index contributed by atoms with van der Waals surface area (Å²) in [7, 11) is 1.83. The Morgan fingerprint density at radius 2 is 1.84 bits per heavy atom. The number of urea groups is 1. The molecule has 1 heterocycles. The lowest BCUT2D eigenvalue weighted by atomic mass is 10.0. The first-order valence-corrected chi connectivity index (χ1v) is 6.99. The molecule has 1 aromatic carbocycles. The number of likely N-dealkylation sites (N-methyl/N-ethyl adjacent to an activating group) is 1. The summed E-state index contributed by atoms with van der Waals surface area (Å²) in [6.45, 7) is 5.45. The van der Waals surface area contributed by atoms with Crippen molar-refractivity contribution in [3.8, 4) is 0 Å². The molecule has 4 nitrogen and oxygen atoms in total. The van der Waals surface area contributed by atoms with Crippen LogP contribution in [0, 0.1) is 0 Å². The molecule has 19 heavy (non-hydrogen) atoms. The molecule has 2 amide bonds. The zero-order chi connectivity index (χ0) is 14.0. The van der Waals surface area contributed by atoms with Crippen molar-refractivity contribution in [1.82, 2.24) is 4.90 Å². The van der Waals surface area contributed by atoms with Crippen LogP contribution in [-0.2, 0) is 12.8 Å². The van der Waals surface area contributed by atoms with E-state index in [0.717, 1.165) is 18.5 Å². The first-order valence-electron chi connectivity index (χ1n) is 6.99. The van der Waals surface area contributed by atoms with E-state index in [0.29, 0.717) is 13.1 Å². The van der Waals surface area contributed by atoms with Crippen molar-refractivity contribution in [2.24, 2.45) is 5.73 Å². The average Bonchev–Trinajstić information content (AvgIpc) is 2.73. The molecule has 1 unspecified atom stereocenters. The van der Waals surface area contributed by atoms with E-state index in [1.165, 1.54) is 11.1 Å². The fourth-order valence-corrected chi connectivity index (χ4v) is 2.74. The number of nitrogens with zero attached hydrogens (tertiary/aromatic N) is 2. The number of anilines is 1. The van der Waals surface area contributed by atoms with E-state index in [1.807, 2.05) is 11.9 Å². The minimum Gasteiger partial charge on any atom is -0.328 e. The van der Waals surface area contributed by atoms with Gasteiger partial charge in [-0.3, -0.25) is 4.90 Å². The average molecular weight is 261 g/mol. The number of hydrogen-bond acceptors (Lipinski definition) is 2. The van der Waals surface area contributed by atoms with Crippen molar-refractivity contribution in [3.05, 3.63) is 29.3 Å². The lowest BCUT2D eigenvalue weighted by molar-refractivity contribution is 0.219. The van der Waals surface area contributed by atoms with Crippen LogP contribution in [0.3, 0.4) is 0 Å². The lowest BCUT2D eigenvalue weighted by Gasteiger charge is -2.22. The number of rotatable bonds is 4. The molecule has 1 aliphatic heterocycles. The van der Waals surface area contributed by atoms with Gasteiger partial charge in [-0.15, -0.1) is 0 Å². The van der Waals surface area contributed by atoms with Gasteiger partial charge in [-0.1, -0.05) is 32.0 Å². The van der Waals surface area contributed by atoms with Crippen molar-refractivity contribution in [3.63, 3.8) is 0 Å². The third-order valence-corrected chi connectivity index (χ3v) is 3.98. The molecular weight excluding hydrogens is 238 g/mol. The molecule has 1 aliphatic rings. The van der Waals surface area contributed by atoms with Gasteiger partial charge in [-0.05, 0) is 24.0 Å². The SMILES string of the molecule is CCc1cccc(CC)c1N1CC(CN)N(C)C1=O. The van der Waals surface area contributed by atoms with E-state index in [1.54, 1.807) is 4.90 Å². The predicted octanol–water partition coefficient (Wildman–Crippen LogP) is 2.01. The van der Waals surface area contributed by atoms with Crippen LogP contribution < -0.4 is 10.6 Å². The molecule has 0 bridgehead atoms. The number of carbonyl (C=O) groups is 1. The molecule has 0 radical (unpaired) electrons. The van der Waals surface area contributed by atoms with E-state index >= 15 is 0 Å². The van der Waals surface area contributed by atoms with Gasteiger partial charge in [0.05, 0.1) is 11.7 Å². The Balaban J connectivity index is 2.44. The van der Waals surface area contributed by atoms with Gasteiger partial charge >= 0.3 is 6.03 Å². The van der Waals surface area contributed by atoms with E-state index in [4.69, 9.17) is 5.73 Å². The number of hydrogen-bond donors (Lipinski definition) is 1. The Bertz CT molecular complexity index is 450. The highest BCUT2D eigenvalue weighted by Gasteiger charge is 2.36. The van der Waals surface area contributed by atoms with Gasteiger partial charge in [0.2, 0.25) is 0 Å². The molecule has 104 valence electrons. The Hall–Kier alpha value is -1.55. The van der Waals surface area contributed by atoms with Gasteiger partial charge in [0.1, 0.15) is 0 Å². The molecule has 0 spiro atoms. The van der Waals surface area contributed by atoms with Crippen LogP contribution in [0.15, 0.2) is 18.2 Å². The molecule has 0 saturated carbocycles. The Morgan fingerprint density at radius 3 is 2.26 bits per heavy atom. The van der Waals surface area contributed by atoms with Gasteiger partial charge in [0.25, 0.3) is 0 Å². The molecule has 4 heteroatoms. The number of para-hydroxylation sites is 1. The third kappa shape index (κ3) is 2.32. The van der Waals surface area contributed by atoms with Crippen LogP contribution in [0.5, 0.6) is 0 Å². The summed E-state index contributed by atoms with van der Waals surface area (Å²) in [6, 6.07) is 6.47. The molecule has 1 atom stereocenters. The largest absolute Gasteiger partial charge is 0.328 e. The fourth-order valence-electron chi connectivity index (χ4n) is 2.74. The lowest BCUT2D eigenvalue weighted by Crippen LogP contribution is -2.35.